The predicted molar refractivity (Wildman–Crippen MR) is 102 cm³/mol. The molecule has 4 heteroatoms. The minimum atomic E-state index is -1.83. The third kappa shape index (κ3) is 6.26. The Morgan fingerprint density at radius 3 is 1.56 bits per heavy atom. The number of rotatable bonds is 1. The number of carboxylic acid groups (broad SMARTS) is 2. The van der Waals surface area contributed by atoms with E-state index in [1.54, 1.807) is 0 Å². The summed E-state index contributed by atoms with van der Waals surface area (Å²) in [6.45, 7) is 13.2. The smallest absolute Gasteiger partial charge is 0.503 e. The van der Waals surface area contributed by atoms with Crippen LogP contribution in [-0.4, -0.2) is 21.5 Å². The highest BCUT2D eigenvalue weighted by Gasteiger charge is 2.28. The summed E-state index contributed by atoms with van der Waals surface area (Å²) in [5.41, 5.74) is 3.62. The first-order chi connectivity index (χ1) is 11.3. The van der Waals surface area contributed by atoms with Crippen LogP contribution < -0.4 is 0 Å². The lowest BCUT2D eigenvalue weighted by Gasteiger charge is -2.31. The summed E-state index contributed by atoms with van der Waals surface area (Å²) in [7, 11) is 0. The van der Waals surface area contributed by atoms with Crippen molar-refractivity contribution in [2.24, 2.45) is 0 Å². The van der Waals surface area contributed by atoms with Gasteiger partial charge >= 0.3 is 6.16 Å². The number of phenolic OH excluding ortho intramolecular Hbond substituents is 1. The van der Waals surface area contributed by atoms with Crippen LogP contribution in [0, 0.1) is 0 Å². The van der Waals surface area contributed by atoms with Crippen LogP contribution in [0.5, 0.6) is 5.75 Å². The van der Waals surface area contributed by atoms with Gasteiger partial charge in [-0.2, -0.15) is 0 Å². The summed E-state index contributed by atoms with van der Waals surface area (Å²) in [4.78, 5) is 8.56. The van der Waals surface area contributed by atoms with Crippen LogP contribution in [0.4, 0.5) is 4.79 Å². The van der Waals surface area contributed by atoms with Crippen LogP contribution in [0.3, 0.4) is 0 Å². The van der Waals surface area contributed by atoms with Gasteiger partial charge in [0.15, 0.2) is 0 Å². The lowest BCUT2D eigenvalue weighted by atomic mass is 9.75. The van der Waals surface area contributed by atoms with Crippen LogP contribution in [0.1, 0.15) is 96.3 Å². The van der Waals surface area contributed by atoms with Crippen LogP contribution in [0.25, 0.3) is 0 Å². The molecule has 3 N–H and O–H groups in total. The third-order valence-corrected chi connectivity index (χ3v) is 4.82. The van der Waals surface area contributed by atoms with E-state index in [4.69, 9.17) is 15.0 Å². The van der Waals surface area contributed by atoms with Crippen molar-refractivity contribution >= 4 is 6.16 Å². The van der Waals surface area contributed by atoms with Gasteiger partial charge in [-0.05, 0) is 46.3 Å². The predicted octanol–water partition coefficient (Wildman–Crippen LogP) is 6.26. The lowest BCUT2D eigenvalue weighted by molar-refractivity contribution is 0.137. The first-order valence-corrected chi connectivity index (χ1v) is 9.13. The molecule has 0 heterocycles. The molecule has 0 unspecified atom stereocenters. The minimum Gasteiger partial charge on any atom is -0.507 e. The number of benzene rings is 1. The molecule has 2 rings (SSSR count). The van der Waals surface area contributed by atoms with Gasteiger partial charge in [0.2, 0.25) is 0 Å². The van der Waals surface area contributed by atoms with Gasteiger partial charge in [-0.3, -0.25) is 0 Å². The summed E-state index contributed by atoms with van der Waals surface area (Å²) < 4.78 is 0. The first-order valence-electron chi connectivity index (χ1n) is 9.13. The summed E-state index contributed by atoms with van der Waals surface area (Å²) in [6, 6.07) is 4.56. The highest BCUT2D eigenvalue weighted by atomic mass is 16.6. The van der Waals surface area contributed by atoms with Gasteiger partial charge in [-0.15, -0.1) is 0 Å². The average molecular weight is 350 g/mol. The van der Waals surface area contributed by atoms with E-state index < -0.39 is 6.16 Å². The van der Waals surface area contributed by atoms with Gasteiger partial charge in [0.25, 0.3) is 0 Å². The van der Waals surface area contributed by atoms with Gasteiger partial charge in [0, 0.05) is 0 Å². The van der Waals surface area contributed by atoms with E-state index in [1.807, 2.05) is 0 Å². The molecule has 25 heavy (non-hydrogen) atoms. The van der Waals surface area contributed by atoms with Crippen LogP contribution >= 0.6 is 0 Å². The monoisotopic (exact) mass is 350 g/mol. The number of phenols is 1. The fourth-order valence-electron chi connectivity index (χ4n) is 3.47. The standard InChI is InChI=1S/C20H32O.CH2O3/c1-19(2,3)16-12-15(14-10-8-7-9-11-14)13-17(18(16)21)20(4,5)6;2-1(3)4/h12-14,21H,7-11H2,1-6H3;(H2,2,3,4). The Labute approximate surface area is 151 Å². The van der Waals surface area contributed by atoms with E-state index in [2.05, 4.69) is 53.7 Å². The van der Waals surface area contributed by atoms with Crippen LogP contribution in [0.2, 0.25) is 0 Å². The van der Waals surface area contributed by atoms with Crippen molar-refractivity contribution in [3.05, 3.63) is 28.8 Å². The molecule has 1 fully saturated rings. The summed E-state index contributed by atoms with van der Waals surface area (Å²) in [5, 5.41) is 24.7. The van der Waals surface area contributed by atoms with Crippen molar-refractivity contribution in [2.75, 3.05) is 0 Å². The van der Waals surface area contributed by atoms with Crippen molar-refractivity contribution in [3.8, 4) is 5.75 Å². The molecule has 0 aliphatic heterocycles. The molecule has 1 aliphatic rings. The van der Waals surface area contributed by atoms with Crippen molar-refractivity contribution in [1.82, 2.24) is 0 Å². The van der Waals surface area contributed by atoms with E-state index in [0.717, 1.165) is 11.1 Å². The number of carbonyl (C=O) groups is 1. The number of aromatic hydroxyl groups is 1. The van der Waals surface area contributed by atoms with Gasteiger partial charge in [0.05, 0.1) is 0 Å². The fraction of sp³-hybridized carbons (Fsp3) is 0.667. The molecule has 0 aromatic heterocycles. The molecule has 1 saturated carbocycles. The molecule has 0 amide bonds. The largest absolute Gasteiger partial charge is 0.507 e. The number of hydrogen-bond acceptors (Lipinski definition) is 2. The Balaban J connectivity index is 0.000000705. The Bertz CT molecular complexity index is 546. The Morgan fingerprint density at radius 1 is 0.880 bits per heavy atom. The van der Waals surface area contributed by atoms with Crippen LogP contribution in [0.15, 0.2) is 12.1 Å². The topological polar surface area (TPSA) is 77.8 Å². The molecule has 1 aromatic carbocycles. The second kappa shape index (κ2) is 8.11. The molecule has 0 spiro atoms. The van der Waals surface area contributed by atoms with E-state index in [-0.39, 0.29) is 10.8 Å². The maximum Gasteiger partial charge on any atom is 0.503 e. The average Bonchev–Trinajstić information content (AvgIpc) is 2.45. The Kier molecular flexibility index (Phi) is 6.92. The molecule has 1 aromatic rings. The maximum atomic E-state index is 10.8. The highest BCUT2D eigenvalue weighted by Crippen LogP contribution is 2.43. The van der Waals surface area contributed by atoms with Gasteiger partial charge in [-0.25, -0.2) is 4.79 Å². The molecule has 4 nitrogen and oxygen atoms in total. The van der Waals surface area contributed by atoms with E-state index >= 15 is 0 Å². The second-order valence-corrected chi connectivity index (χ2v) is 9.08. The molecule has 0 bridgehead atoms. The Morgan fingerprint density at radius 2 is 1.24 bits per heavy atom. The summed E-state index contributed by atoms with van der Waals surface area (Å²) >= 11 is 0. The zero-order valence-electron chi connectivity index (χ0n) is 16.5. The van der Waals surface area contributed by atoms with Crippen molar-refractivity contribution in [3.63, 3.8) is 0 Å². The molecular weight excluding hydrogens is 316 g/mol. The maximum absolute atomic E-state index is 10.8. The van der Waals surface area contributed by atoms with E-state index in [1.165, 1.54) is 37.7 Å². The van der Waals surface area contributed by atoms with Crippen molar-refractivity contribution in [1.29, 1.82) is 0 Å². The molecule has 142 valence electrons. The van der Waals surface area contributed by atoms with Gasteiger partial charge in [0.1, 0.15) is 5.75 Å². The van der Waals surface area contributed by atoms with E-state index in [0.29, 0.717) is 11.7 Å². The molecule has 0 atom stereocenters. The molecule has 0 saturated heterocycles. The summed E-state index contributed by atoms with van der Waals surface area (Å²) in [6.07, 6.45) is 4.85. The molecule has 0 radical (unpaired) electrons. The normalized spacial score (nSPS) is 16.1. The van der Waals surface area contributed by atoms with Crippen LogP contribution in [-0.2, 0) is 10.8 Å². The van der Waals surface area contributed by atoms with Gasteiger partial charge < -0.3 is 15.3 Å². The summed E-state index contributed by atoms with van der Waals surface area (Å²) in [5.74, 6) is 1.19. The quantitative estimate of drug-likeness (QED) is 0.559. The van der Waals surface area contributed by atoms with Gasteiger partial charge in [-0.1, -0.05) is 72.9 Å². The number of hydrogen-bond donors (Lipinski definition) is 3. The SMILES string of the molecule is CC(C)(C)c1cc(C2CCCCC2)cc(C(C)(C)C)c1O.O=C(O)O. The lowest BCUT2D eigenvalue weighted by Crippen LogP contribution is -2.19. The zero-order valence-corrected chi connectivity index (χ0v) is 16.5. The first kappa shape index (κ1) is 21.3. The van der Waals surface area contributed by atoms with Crippen molar-refractivity contribution < 1.29 is 20.1 Å². The Hall–Kier alpha value is -1.71. The minimum absolute atomic E-state index is 0.0191. The van der Waals surface area contributed by atoms with E-state index in [9.17, 15) is 5.11 Å². The highest BCUT2D eigenvalue weighted by molar-refractivity contribution is 5.53. The second-order valence-electron chi connectivity index (χ2n) is 9.08. The zero-order chi connectivity index (χ0) is 19.4. The van der Waals surface area contributed by atoms with Crippen molar-refractivity contribution in [2.45, 2.75) is 90.4 Å². The fourth-order valence-corrected chi connectivity index (χ4v) is 3.47. The molecule has 1 aliphatic carbocycles. The third-order valence-electron chi connectivity index (χ3n) is 4.82. The molecular formula is C21H34O4.